The SMILES string of the molecule is CCC(C)c1ccc(-c2cc(C)cc(N)c2)cc1. The minimum absolute atomic E-state index is 0.627. The predicted molar refractivity (Wildman–Crippen MR) is 79.7 cm³/mol. The molecule has 0 radical (unpaired) electrons. The van der Waals surface area contributed by atoms with Crippen LogP contribution in [0.5, 0.6) is 0 Å². The van der Waals surface area contributed by atoms with Gasteiger partial charge in [-0.05, 0) is 53.6 Å². The first-order chi connectivity index (χ1) is 8.60. The zero-order valence-electron chi connectivity index (χ0n) is 11.4. The molecule has 0 spiro atoms. The van der Waals surface area contributed by atoms with Gasteiger partial charge in [-0.3, -0.25) is 0 Å². The molecule has 0 amide bonds. The lowest BCUT2D eigenvalue weighted by Gasteiger charge is -2.10. The Labute approximate surface area is 110 Å². The molecule has 0 saturated heterocycles. The molecule has 0 bridgehead atoms. The second-order valence-corrected chi connectivity index (χ2v) is 5.06. The first-order valence-electron chi connectivity index (χ1n) is 6.57. The Morgan fingerprint density at radius 3 is 2.22 bits per heavy atom. The molecule has 0 heterocycles. The molecule has 1 unspecified atom stereocenters. The van der Waals surface area contributed by atoms with E-state index in [1.807, 2.05) is 12.1 Å². The molecular weight excluding hydrogens is 218 g/mol. The van der Waals surface area contributed by atoms with Gasteiger partial charge in [0.05, 0.1) is 0 Å². The van der Waals surface area contributed by atoms with Gasteiger partial charge < -0.3 is 5.73 Å². The summed E-state index contributed by atoms with van der Waals surface area (Å²) in [5, 5.41) is 0. The number of hydrogen-bond acceptors (Lipinski definition) is 1. The Balaban J connectivity index is 2.34. The van der Waals surface area contributed by atoms with E-state index in [0.29, 0.717) is 5.92 Å². The van der Waals surface area contributed by atoms with Crippen LogP contribution in [0.25, 0.3) is 11.1 Å². The van der Waals surface area contributed by atoms with E-state index in [1.54, 1.807) is 0 Å². The summed E-state index contributed by atoms with van der Waals surface area (Å²) in [6.07, 6.45) is 1.18. The van der Waals surface area contributed by atoms with Crippen LogP contribution in [0.15, 0.2) is 42.5 Å². The Kier molecular flexibility index (Phi) is 3.71. The molecule has 2 N–H and O–H groups in total. The van der Waals surface area contributed by atoms with E-state index in [0.717, 1.165) is 5.69 Å². The third-order valence-electron chi connectivity index (χ3n) is 3.53. The molecule has 0 aliphatic heterocycles. The van der Waals surface area contributed by atoms with Crippen LogP contribution in [0.4, 0.5) is 5.69 Å². The number of nitrogen functional groups attached to an aromatic ring is 1. The number of anilines is 1. The fourth-order valence-corrected chi connectivity index (χ4v) is 2.22. The van der Waals surface area contributed by atoms with Crippen molar-refractivity contribution in [3.8, 4) is 11.1 Å². The van der Waals surface area contributed by atoms with Gasteiger partial charge in [0.15, 0.2) is 0 Å². The van der Waals surface area contributed by atoms with E-state index < -0.39 is 0 Å². The van der Waals surface area contributed by atoms with Crippen LogP contribution >= 0.6 is 0 Å². The zero-order chi connectivity index (χ0) is 13.1. The fourth-order valence-electron chi connectivity index (χ4n) is 2.22. The Morgan fingerprint density at radius 1 is 1.00 bits per heavy atom. The Bertz CT molecular complexity index is 506. The molecule has 2 rings (SSSR count). The molecule has 1 heteroatoms. The van der Waals surface area contributed by atoms with E-state index in [4.69, 9.17) is 5.73 Å². The van der Waals surface area contributed by atoms with Crippen LogP contribution in [0.1, 0.15) is 37.3 Å². The highest BCUT2D eigenvalue weighted by Gasteiger charge is 2.04. The van der Waals surface area contributed by atoms with Gasteiger partial charge in [0.25, 0.3) is 0 Å². The quantitative estimate of drug-likeness (QED) is 0.768. The monoisotopic (exact) mass is 239 g/mol. The molecule has 0 aliphatic carbocycles. The summed E-state index contributed by atoms with van der Waals surface area (Å²) in [5.41, 5.74) is 11.8. The molecule has 0 aliphatic rings. The second kappa shape index (κ2) is 5.26. The van der Waals surface area contributed by atoms with E-state index in [2.05, 4.69) is 51.1 Å². The first-order valence-corrected chi connectivity index (χ1v) is 6.57. The van der Waals surface area contributed by atoms with Crippen LogP contribution in [-0.2, 0) is 0 Å². The molecule has 0 saturated carbocycles. The minimum atomic E-state index is 0.627. The van der Waals surface area contributed by atoms with Crippen molar-refractivity contribution in [3.63, 3.8) is 0 Å². The lowest BCUT2D eigenvalue weighted by atomic mass is 9.95. The highest BCUT2D eigenvalue weighted by atomic mass is 14.5. The maximum atomic E-state index is 5.90. The molecule has 2 aromatic carbocycles. The van der Waals surface area contributed by atoms with Crippen molar-refractivity contribution in [3.05, 3.63) is 53.6 Å². The molecule has 0 aromatic heterocycles. The van der Waals surface area contributed by atoms with Crippen molar-refractivity contribution in [2.24, 2.45) is 0 Å². The summed E-state index contributed by atoms with van der Waals surface area (Å²) in [6, 6.07) is 15.0. The molecule has 1 atom stereocenters. The van der Waals surface area contributed by atoms with Crippen LogP contribution in [0, 0.1) is 6.92 Å². The lowest BCUT2D eigenvalue weighted by Crippen LogP contribution is -1.91. The molecule has 2 aromatic rings. The summed E-state index contributed by atoms with van der Waals surface area (Å²) in [6.45, 7) is 6.56. The molecule has 1 nitrogen and oxygen atoms in total. The highest BCUT2D eigenvalue weighted by Crippen LogP contribution is 2.26. The predicted octanol–water partition coefficient (Wildman–Crippen LogP) is 4.76. The van der Waals surface area contributed by atoms with Gasteiger partial charge in [-0.15, -0.1) is 0 Å². The Morgan fingerprint density at radius 2 is 1.67 bits per heavy atom. The first kappa shape index (κ1) is 12.7. The average Bonchev–Trinajstić information content (AvgIpc) is 2.37. The summed E-state index contributed by atoms with van der Waals surface area (Å²) in [4.78, 5) is 0. The van der Waals surface area contributed by atoms with E-state index >= 15 is 0 Å². The topological polar surface area (TPSA) is 26.0 Å². The number of hydrogen-bond donors (Lipinski definition) is 1. The fraction of sp³-hybridized carbons (Fsp3) is 0.294. The third kappa shape index (κ3) is 2.73. The second-order valence-electron chi connectivity index (χ2n) is 5.06. The number of nitrogens with two attached hydrogens (primary N) is 1. The largest absolute Gasteiger partial charge is 0.399 e. The van der Waals surface area contributed by atoms with Crippen LogP contribution in [0.2, 0.25) is 0 Å². The van der Waals surface area contributed by atoms with Gasteiger partial charge in [-0.2, -0.15) is 0 Å². The van der Waals surface area contributed by atoms with Crippen molar-refractivity contribution in [1.29, 1.82) is 0 Å². The normalized spacial score (nSPS) is 12.4. The van der Waals surface area contributed by atoms with Crippen molar-refractivity contribution in [1.82, 2.24) is 0 Å². The number of rotatable bonds is 3. The van der Waals surface area contributed by atoms with Crippen LogP contribution in [0.3, 0.4) is 0 Å². The summed E-state index contributed by atoms with van der Waals surface area (Å²) < 4.78 is 0. The lowest BCUT2D eigenvalue weighted by molar-refractivity contribution is 0.734. The van der Waals surface area contributed by atoms with Crippen molar-refractivity contribution in [2.75, 3.05) is 5.73 Å². The highest BCUT2D eigenvalue weighted by molar-refractivity contribution is 5.68. The summed E-state index contributed by atoms with van der Waals surface area (Å²) in [7, 11) is 0. The van der Waals surface area contributed by atoms with Crippen molar-refractivity contribution in [2.45, 2.75) is 33.1 Å². The molecular formula is C17H21N. The van der Waals surface area contributed by atoms with E-state index in [9.17, 15) is 0 Å². The standard InChI is InChI=1S/C17H21N/c1-4-13(3)14-5-7-15(8-6-14)16-9-12(2)10-17(18)11-16/h5-11,13H,4,18H2,1-3H3. The number of aryl methyl sites for hydroxylation is 1. The van der Waals surface area contributed by atoms with Crippen molar-refractivity contribution < 1.29 is 0 Å². The van der Waals surface area contributed by atoms with Crippen LogP contribution in [-0.4, -0.2) is 0 Å². The third-order valence-corrected chi connectivity index (χ3v) is 3.53. The van der Waals surface area contributed by atoms with Crippen LogP contribution < -0.4 is 5.73 Å². The number of benzene rings is 2. The maximum absolute atomic E-state index is 5.90. The van der Waals surface area contributed by atoms with Gasteiger partial charge in [0.1, 0.15) is 0 Å². The summed E-state index contributed by atoms with van der Waals surface area (Å²) >= 11 is 0. The van der Waals surface area contributed by atoms with Gasteiger partial charge in [0.2, 0.25) is 0 Å². The van der Waals surface area contributed by atoms with Gasteiger partial charge >= 0.3 is 0 Å². The minimum Gasteiger partial charge on any atom is -0.399 e. The molecule has 18 heavy (non-hydrogen) atoms. The smallest absolute Gasteiger partial charge is 0.0322 e. The summed E-state index contributed by atoms with van der Waals surface area (Å²) in [5.74, 6) is 0.627. The van der Waals surface area contributed by atoms with Gasteiger partial charge in [-0.1, -0.05) is 44.2 Å². The van der Waals surface area contributed by atoms with E-state index in [-0.39, 0.29) is 0 Å². The molecule has 94 valence electrons. The average molecular weight is 239 g/mol. The maximum Gasteiger partial charge on any atom is 0.0322 e. The van der Waals surface area contributed by atoms with Gasteiger partial charge in [0, 0.05) is 5.69 Å². The van der Waals surface area contributed by atoms with Crippen molar-refractivity contribution >= 4 is 5.69 Å². The zero-order valence-corrected chi connectivity index (χ0v) is 11.4. The molecule has 0 fully saturated rings. The Hall–Kier alpha value is -1.76. The van der Waals surface area contributed by atoms with E-state index in [1.165, 1.54) is 28.7 Å². The van der Waals surface area contributed by atoms with Gasteiger partial charge in [-0.25, -0.2) is 0 Å².